The van der Waals surface area contributed by atoms with Crippen molar-refractivity contribution in [2.24, 2.45) is 0 Å². The second kappa shape index (κ2) is 4.78. The summed E-state index contributed by atoms with van der Waals surface area (Å²) in [6.45, 7) is 6.14. The van der Waals surface area contributed by atoms with Crippen molar-refractivity contribution in [1.82, 2.24) is 0 Å². The van der Waals surface area contributed by atoms with Crippen molar-refractivity contribution < 1.29 is 14.3 Å². The molecule has 0 aliphatic carbocycles. The fourth-order valence-electron chi connectivity index (χ4n) is 1.52. The maximum Gasteiger partial charge on any atom is 0.412 e. The van der Waals surface area contributed by atoms with E-state index in [0.717, 1.165) is 5.56 Å². The molecular weight excluding hydrogens is 254 g/mol. The van der Waals surface area contributed by atoms with Crippen LogP contribution in [0.15, 0.2) is 18.2 Å². The Kier molecular flexibility index (Phi) is 3.50. The van der Waals surface area contributed by atoms with Crippen LogP contribution in [0.3, 0.4) is 0 Å². The van der Waals surface area contributed by atoms with Crippen molar-refractivity contribution in [2.45, 2.75) is 32.5 Å². The van der Waals surface area contributed by atoms with Gasteiger partial charge >= 0.3 is 6.09 Å². The van der Waals surface area contributed by atoms with Gasteiger partial charge < -0.3 is 9.47 Å². The van der Waals surface area contributed by atoms with Crippen LogP contribution in [0.4, 0.5) is 10.5 Å². The standard InChI is InChI=1S/C13H16ClNO3/c1-13(2,3)18-12(16)15-8-4-5-9(10(14)6-8)11-7-17-11/h4-6,11H,7H2,1-3H3,(H,15,16)/t11-/m0/s1. The molecule has 18 heavy (non-hydrogen) atoms. The quantitative estimate of drug-likeness (QED) is 0.832. The van der Waals surface area contributed by atoms with Gasteiger partial charge in [0.05, 0.1) is 6.61 Å². The summed E-state index contributed by atoms with van der Waals surface area (Å²) in [6.07, 6.45) is -0.387. The zero-order valence-corrected chi connectivity index (χ0v) is 11.4. The van der Waals surface area contributed by atoms with Gasteiger partial charge in [-0.2, -0.15) is 0 Å². The normalized spacial score (nSPS) is 18.3. The van der Waals surface area contributed by atoms with Crippen LogP contribution in [0.5, 0.6) is 0 Å². The van der Waals surface area contributed by atoms with Crippen molar-refractivity contribution in [3.05, 3.63) is 28.8 Å². The Labute approximate surface area is 111 Å². The lowest BCUT2D eigenvalue weighted by Crippen LogP contribution is -2.27. The molecule has 1 aliphatic heterocycles. The molecule has 1 amide bonds. The van der Waals surface area contributed by atoms with Gasteiger partial charge in [0.2, 0.25) is 0 Å². The summed E-state index contributed by atoms with van der Waals surface area (Å²) < 4.78 is 10.3. The minimum Gasteiger partial charge on any atom is -0.444 e. The lowest BCUT2D eigenvalue weighted by atomic mass is 10.1. The second-order valence-electron chi connectivity index (χ2n) is 5.19. The van der Waals surface area contributed by atoms with Gasteiger partial charge in [-0.05, 0) is 32.9 Å². The van der Waals surface area contributed by atoms with E-state index < -0.39 is 11.7 Å². The third kappa shape index (κ3) is 3.62. The monoisotopic (exact) mass is 269 g/mol. The molecule has 1 saturated heterocycles. The van der Waals surface area contributed by atoms with E-state index >= 15 is 0 Å². The summed E-state index contributed by atoms with van der Waals surface area (Å²) in [7, 11) is 0. The third-order valence-corrected chi connectivity index (χ3v) is 2.65. The highest BCUT2D eigenvalue weighted by Crippen LogP contribution is 2.35. The SMILES string of the molecule is CC(C)(C)OC(=O)Nc1ccc([C@@H]2CO2)c(Cl)c1. The van der Waals surface area contributed by atoms with E-state index in [1.54, 1.807) is 12.1 Å². The average molecular weight is 270 g/mol. The predicted octanol–water partition coefficient (Wildman–Crippen LogP) is 3.76. The number of halogens is 1. The molecule has 0 aromatic heterocycles. The molecular formula is C13H16ClNO3. The van der Waals surface area contributed by atoms with Crippen LogP contribution in [0.25, 0.3) is 0 Å². The first-order valence-corrected chi connectivity index (χ1v) is 6.14. The maximum absolute atomic E-state index is 11.6. The van der Waals surface area contributed by atoms with Crippen molar-refractivity contribution in [2.75, 3.05) is 11.9 Å². The Bertz CT molecular complexity index is 464. The number of amides is 1. The van der Waals surface area contributed by atoms with Gasteiger partial charge in [0, 0.05) is 16.3 Å². The molecule has 1 aliphatic rings. The van der Waals surface area contributed by atoms with E-state index in [2.05, 4.69) is 5.32 Å². The fourth-order valence-corrected chi connectivity index (χ4v) is 1.82. The minimum absolute atomic E-state index is 0.105. The number of epoxide rings is 1. The van der Waals surface area contributed by atoms with Gasteiger partial charge in [-0.1, -0.05) is 17.7 Å². The lowest BCUT2D eigenvalue weighted by molar-refractivity contribution is 0.0636. The van der Waals surface area contributed by atoms with Gasteiger partial charge in [-0.25, -0.2) is 4.79 Å². The van der Waals surface area contributed by atoms with E-state index in [1.807, 2.05) is 26.8 Å². The Morgan fingerprint density at radius 2 is 2.17 bits per heavy atom. The fraction of sp³-hybridized carbons (Fsp3) is 0.462. The van der Waals surface area contributed by atoms with Crippen molar-refractivity contribution in [3.8, 4) is 0 Å². The molecule has 0 spiro atoms. The molecule has 1 heterocycles. The Hall–Kier alpha value is -1.26. The molecule has 1 atom stereocenters. The van der Waals surface area contributed by atoms with Crippen molar-refractivity contribution in [1.29, 1.82) is 0 Å². The molecule has 1 aromatic rings. The van der Waals surface area contributed by atoms with Crippen LogP contribution in [0.1, 0.15) is 32.4 Å². The van der Waals surface area contributed by atoms with Gasteiger partial charge in [-0.3, -0.25) is 5.32 Å². The zero-order valence-electron chi connectivity index (χ0n) is 10.6. The average Bonchev–Trinajstić information content (AvgIpc) is 2.97. The molecule has 98 valence electrons. The number of hydrogen-bond donors (Lipinski definition) is 1. The number of ether oxygens (including phenoxy) is 2. The first-order valence-electron chi connectivity index (χ1n) is 5.76. The molecule has 0 unspecified atom stereocenters. The third-order valence-electron chi connectivity index (χ3n) is 2.33. The highest BCUT2D eigenvalue weighted by Gasteiger charge is 2.27. The highest BCUT2D eigenvalue weighted by molar-refractivity contribution is 6.31. The summed E-state index contributed by atoms with van der Waals surface area (Å²) in [5, 5.41) is 3.23. The number of benzene rings is 1. The van der Waals surface area contributed by atoms with Crippen molar-refractivity contribution >= 4 is 23.4 Å². The largest absolute Gasteiger partial charge is 0.444 e. The Balaban J connectivity index is 2.01. The molecule has 1 N–H and O–H groups in total. The molecule has 1 aromatic carbocycles. The first-order chi connectivity index (χ1) is 8.35. The van der Waals surface area contributed by atoms with Gasteiger partial charge in [0.25, 0.3) is 0 Å². The number of anilines is 1. The summed E-state index contributed by atoms with van der Waals surface area (Å²) >= 11 is 6.11. The topological polar surface area (TPSA) is 50.9 Å². The van der Waals surface area contributed by atoms with Gasteiger partial charge in [0.1, 0.15) is 11.7 Å². The summed E-state index contributed by atoms with van der Waals surface area (Å²) in [6, 6.07) is 5.34. The number of rotatable bonds is 2. The predicted molar refractivity (Wildman–Crippen MR) is 70.0 cm³/mol. The smallest absolute Gasteiger partial charge is 0.412 e. The molecule has 4 nitrogen and oxygen atoms in total. The van der Waals surface area contributed by atoms with Crippen LogP contribution < -0.4 is 5.32 Å². The molecule has 0 bridgehead atoms. The van der Waals surface area contributed by atoms with E-state index in [1.165, 1.54) is 0 Å². The van der Waals surface area contributed by atoms with Crippen molar-refractivity contribution in [3.63, 3.8) is 0 Å². The minimum atomic E-state index is -0.518. The molecule has 0 saturated carbocycles. The van der Waals surface area contributed by atoms with Crippen LogP contribution >= 0.6 is 11.6 Å². The first kappa shape index (κ1) is 13.2. The number of nitrogens with one attached hydrogen (secondary N) is 1. The van der Waals surface area contributed by atoms with Crippen LogP contribution in [0.2, 0.25) is 5.02 Å². The van der Waals surface area contributed by atoms with E-state index in [0.29, 0.717) is 17.3 Å². The summed E-state index contributed by atoms with van der Waals surface area (Å²) in [4.78, 5) is 11.6. The van der Waals surface area contributed by atoms with Gasteiger partial charge in [0.15, 0.2) is 0 Å². The Morgan fingerprint density at radius 1 is 1.50 bits per heavy atom. The molecule has 1 fully saturated rings. The summed E-state index contributed by atoms with van der Waals surface area (Å²) in [5.41, 5.74) is 1.04. The number of carbonyl (C=O) groups is 1. The zero-order chi connectivity index (χ0) is 13.3. The molecule has 0 radical (unpaired) electrons. The number of carbonyl (C=O) groups excluding carboxylic acids is 1. The summed E-state index contributed by atoms with van der Waals surface area (Å²) in [5.74, 6) is 0. The molecule has 5 heteroatoms. The van der Waals surface area contributed by atoms with Crippen LogP contribution in [0, 0.1) is 0 Å². The van der Waals surface area contributed by atoms with E-state index in [9.17, 15) is 4.79 Å². The van der Waals surface area contributed by atoms with Gasteiger partial charge in [-0.15, -0.1) is 0 Å². The maximum atomic E-state index is 11.6. The highest BCUT2D eigenvalue weighted by atomic mass is 35.5. The van der Waals surface area contributed by atoms with E-state index in [-0.39, 0.29) is 6.10 Å². The Morgan fingerprint density at radius 3 is 2.67 bits per heavy atom. The molecule has 2 rings (SSSR count). The van der Waals surface area contributed by atoms with Crippen LogP contribution in [-0.2, 0) is 9.47 Å². The lowest BCUT2D eigenvalue weighted by Gasteiger charge is -2.19. The van der Waals surface area contributed by atoms with E-state index in [4.69, 9.17) is 21.1 Å². The number of hydrogen-bond acceptors (Lipinski definition) is 3. The van der Waals surface area contributed by atoms with Crippen LogP contribution in [-0.4, -0.2) is 18.3 Å². The second-order valence-corrected chi connectivity index (χ2v) is 5.59.